The molecule has 4 rings (SSSR count). The van der Waals surface area contributed by atoms with E-state index in [9.17, 15) is 31.7 Å². The average Bonchev–Trinajstić information content (AvgIpc) is 2.68. The smallest absolute Gasteiger partial charge is 0.291 e. The van der Waals surface area contributed by atoms with Crippen LogP contribution in [0.25, 0.3) is 16.8 Å². The Kier molecular flexibility index (Phi) is 4.53. The van der Waals surface area contributed by atoms with Gasteiger partial charge in [0.05, 0.1) is 9.82 Å². The van der Waals surface area contributed by atoms with Gasteiger partial charge < -0.3 is 4.74 Å². The molecule has 3 aromatic carbocycles. The molecular weight excluding hydrogens is 423 g/mol. The lowest BCUT2D eigenvalue weighted by Crippen LogP contribution is -2.21. The van der Waals surface area contributed by atoms with E-state index in [1.807, 2.05) is 0 Å². The van der Waals surface area contributed by atoms with Crippen molar-refractivity contribution in [1.29, 1.82) is 0 Å². The third-order valence-corrected chi connectivity index (χ3v) is 5.86. The summed E-state index contributed by atoms with van der Waals surface area (Å²) in [7, 11) is -3.69. The van der Waals surface area contributed by atoms with Gasteiger partial charge in [0.2, 0.25) is 6.10 Å². The Hall–Kier alpha value is -3.40. The van der Waals surface area contributed by atoms with Crippen molar-refractivity contribution in [3.8, 4) is 5.75 Å². The summed E-state index contributed by atoms with van der Waals surface area (Å²) in [5.74, 6) is -3.98. The molecule has 1 atom stereocenters. The monoisotopic (exact) mass is 435 g/mol. The van der Waals surface area contributed by atoms with E-state index in [2.05, 4.69) is 0 Å². The van der Waals surface area contributed by atoms with Crippen molar-refractivity contribution in [1.82, 2.24) is 0 Å². The first-order valence-corrected chi connectivity index (χ1v) is 10.4. The van der Waals surface area contributed by atoms with Crippen LogP contribution in [0.2, 0.25) is 0 Å². The lowest BCUT2D eigenvalue weighted by atomic mass is 9.97. The SMILES string of the molecule is CS(=O)(=O)c1cc2c(c3ccccc13)OC(c1cc(F)c(F)cc1F)C([N+](=O)[O-])=C2. The number of benzene rings is 3. The normalized spacial score (nSPS) is 16.0. The highest BCUT2D eigenvalue weighted by Gasteiger charge is 2.37. The van der Waals surface area contributed by atoms with Crippen molar-refractivity contribution in [3.63, 3.8) is 0 Å². The minimum atomic E-state index is -3.69. The van der Waals surface area contributed by atoms with Crippen LogP contribution >= 0.6 is 0 Å². The van der Waals surface area contributed by atoms with Gasteiger partial charge in [-0.1, -0.05) is 24.3 Å². The van der Waals surface area contributed by atoms with Gasteiger partial charge in [0.15, 0.2) is 21.5 Å². The summed E-state index contributed by atoms with van der Waals surface area (Å²) in [6.07, 6.45) is 0.378. The van der Waals surface area contributed by atoms with E-state index in [4.69, 9.17) is 4.74 Å². The van der Waals surface area contributed by atoms with Crippen molar-refractivity contribution < 1.29 is 31.2 Å². The molecule has 0 aliphatic carbocycles. The zero-order valence-electron chi connectivity index (χ0n) is 15.2. The predicted molar refractivity (Wildman–Crippen MR) is 102 cm³/mol. The van der Waals surface area contributed by atoms with Gasteiger partial charge in [-0.05, 0) is 12.1 Å². The van der Waals surface area contributed by atoms with Gasteiger partial charge >= 0.3 is 0 Å². The highest BCUT2D eigenvalue weighted by Crippen LogP contribution is 2.44. The number of sulfone groups is 1. The van der Waals surface area contributed by atoms with Crippen LogP contribution in [0.1, 0.15) is 17.2 Å². The van der Waals surface area contributed by atoms with Gasteiger partial charge in [-0.15, -0.1) is 0 Å². The molecule has 1 aliphatic rings. The van der Waals surface area contributed by atoms with Crippen LogP contribution in [0.5, 0.6) is 5.75 Å². The molecule has 0 radical (unpaired) electrons. The summed E-state index contributed by atoms with van der Waals surface area (Å²) in [6, 6.07) is 8.32. The number of nitro groups is 1. The Morgan fingerprint density at radius 3 is 2.27 bits per heavy atom. The molecule has 154 valence electrons. The van der Waals surface area contributed by atoms with Crippen LogP contribution in [0.15, 0.2) is 53.1 Å². The molecule has 30 heavy (non-hydrogen) atoms. The van der Waals surface area contributed by atoms with Gasteiger partial charge in [0, 0.05) is 40.3 Å². The fraction of sp³-hybridized carbons (Fsp3) is 0.100. The van der Waals surface area contributed by atoms with E-state index in [1.54, 1.807) is 18.2 Å². The third-order valence-electron chi connectivity index (χ3n) is 4.73. The average molecular weight is 435 g/mol. The second kappa shape index (κ2) is 6.84. The molecule has 6 nitrogen and oxygen atoms in total. The van der Waals surface area contributed by atoms with Crippen molar-refractivity contribution in [2.75, 3.05) is 6.26 Å². The summed E-state index contributed by atoms with van der Waals surface area (Å²) in [6.45, 7) is 0. The topological polar surface area (TPSA) is 86.5 Å². The highest BCUT2D eigenvalue weighted by atomic mass is 32.2. The molecule has 0 saturated heterocycles. The third kappa shape index (κ3) is 3.18. The van der Waals surface area contributed by atoms with Crippen LogP contribution < -0.4 is 4.74 Å². The fourth-order valence-electron chi connectivity index (χ4n) is 3.40. The minimum Gasteiger partial charge on any atom is -0.473 e. The van der Waals surface area contributed by atoms with Gasteiger partial charge in [0.1, 0.15) is 11.6 Å². The second-order valence-corrected chi connectivity index (χ2v) is 8.71. The van der Waals surface area contributed by atoms with Crippen LogP contribution in [0.3, 0.4) is 0 Å². The first kappa shape index (κ1) is 19.9. The van der Waals surface area contributed by atoms with Crippen molar-refractivity contribution in [2.24, 2.45) is 0 Å². The lowest BCUT2D eigenvalue weighted by molar-refractivity contribution is -0.434. The Balaban J connectivity index is 2.02. The molecule has 1 unspecified atom stereocenters. The van der Waals surface area contributed by atoms with E-state index in [1.165, 1.54) is 12.1 Å². The first-order valence-electron chi connectivity index (χ1n) is 8.51. The van der Waals surface area contributed by atoms with Crippen molar-refractivity contribution in [3.05, 3.63) is 86.9 Å². The molecule has 1 aliphatic heterocycles. The number of rotatable bonds is 3. The van der Waals surface area contributed by atoms with Crippen LogP contribution in [-0.2, 0) is 9.84 Å². The van der Waals surface area contributed by atoms with Crippen LogP contribution in [-0.4, -0.2) is 19.6 Å². The maximum absolute atomic E-state index is 14.3. The number of hydrogen-bond donors (Lipinski definition) is 0. The van der Waals surface area contributed by atoms with E-state index in [0.717, 1.165) is 12.3 Å². The Bertz CT molecular complexity index is 1370. The minimum absolute atomic E-state index is 0.0585. The number of ether oxygens (including phenoxy) is 1. The molecule has 0 bridgehead atoms. The molecule has 0 amide bonds. The van der Waals surface area contributed by atoms with Gasteiger partial charge in [-0.2, -0.15) is 0 Å². The maximum atomic E-state index is 14.3. The molecule has 10 heteroatoms. The fourth-order valence-corrected chi connectivity index (χ4v) is 4.32. The zero-order chi connectivity index (χ0) is 21.8. The summed E-state index contributed by atoms with van der Waals surface area (Å²) >= 11 is 0. The summed E-state index contributed by atoms with van der Waals surface area (Å²) in [4.78, 5) is 10.7. The summed E-state index contributed by atoms with van der Waals surface area (Å²) in [5.41, 5.74) is -1.11. The van der Waals surface area contributed by atoms with E-state index >= 15 is 0 Å². The van der Waals surface area contributed by atoms with Gasteiger partial charge in [0.25, 0.3) is 5.70 Å². The molecule has 0 N–H and O–H groups in total. The predicted octanol–water partition coefficient (Wildman–Crippen LogP) is 4.41. The highest BCUT2D eigenvalue weighted by molar-refractivity contribution is 7.91. The van der Waals surface area contributed by atoms with Gasteiger partial charge in [-0.25, -0.2) is 21.6 Å². The van der Waals surface area contributed by atoms with E-state index < -0.39 is 49.6 Å². The number of nitrogens with zero attached hydrogens (tertiary/aromatic N) is 1. The van der Waals surface area contributed by atoms with Gasteiger partial charge in [-0.3, -0.25) is 10.1 Å². The number of hydrogen-bond acceptors (Lipinski definition) is 5. The molecular formula is C20H12F3NO5S. The second-order valence-electron chi connectivity index (χ2n) is 6.72. The quantitative estimate of drug-likeness (QED) is 0.346. The Morgan fingerprint density at radius 2 is 1.63 bits per heavy atom. The van der Waals surface area contributed by atoms with Crippen LogP contribution in [0.4, 0.5) is 13.2 Å². The summed E-state index contributed by atoms with van der Waals surface area (Å²) in [5, 5.41) is 12.2. The lowest BCUT2D eigenvalue weighted by Gasteiger charge is -2.25. The standard InChI is InChI=1S/C20H12F3NO5S/c1-30(27,28)18-7-10-6-17(24(25)26)20(13-8-15(22)16(23)9-14(13)21)29-19(10)12-5-3-2-4-11(12)18/h2-9,20H,1H3. The molecule has 1 heterocycles. The Morgan fingerprint density at radius 1 is 1.00 bits per heavy atom. The van der Waals surface area contributed by atoms with Crippen molar-refractivity contribution in [2.45, 2.75) is 11.0 Å². The van der Waals surface area contributed by atoms with E-state index in [-0.39, 0.29) is 22.3 Å². The van der Waals surface area contributed by atoms with Crippen LogP contribution in [0, 0.1) is 27.6 Å². The first-order chi connectivity index (χ1) is 14.1. The zero-order valence-corrected chi connectivity index (χ0v) is 16.0. The molecule has 0 fully saturated rings. The maximum Gasteiger partial charge on any atom is 0.291 e. The molecule has 0 spiro atoms. The molecule has 0 saturated carbocycles. The number of halogens is 3. The van der Waals surface area contributed by atoms with Crippen molar-refractivity contribution >= 4 is 26.7 Å². The molecule has 3 aromatic rings. The van der Waals surface area contributed by atoms with E-state index in [0.29, 0.717) is 16.8 Å². The largest absolute Gasteiger partial charge is 0.473 e. The number of fused-ring (bicyclic) bond motifs is 3. The summed E-state index contributed by atoms with van der Waals surface area (Å²) < 4.78 is 71.6. The Labute approximate surface area is 168 Å². The molecule has 0 aromatic heterocycles.